The maximum Gasteiger partial charge on any atom is 0.323 e. The molecule has 3 N–H and O–H groups in total. The molecule has 0 atom stereocenters. The number of urea groups is 1. The molecule has 0 aliphatic heterocycles. The van der Waals surface area contributed by atoms with Crippen molar-refractivity contribution in [2.45, 2.75) is 33.6 Å². The minimum Gasteiger partial charge on any atom is -0.508 e. The molecule has 0 bridgehead atoms. The van der Waals surface area contributed by atoms with E-state index in [9.17, 15) is 9.90 Å². The number of aryl methyl sites for hydroxylation is 2. The van der Waals surface area contributed by atoms with E-state index in [2.05, 4.69) is 10.6 Å². The fourth-order valence-electron chi connectivity index (χ4n) is 4.11. The SMILES string of the molecule is Cc1cc(NC(=O)Nc2ccccc2-c2ccccc2)cc(C)c1Oc1ccc(O)c(C(C)C)c1. The third kappa shape index (κ3) is 5.64. The monoisotopic (exact) mass is 466 g/mol. The van der Waals surface area contributed by atoms with Gasteiger partial charge in [0.25, 0.3) is 0 Å². The zero-order valence-corrected chi connectivity index (χ0v) is 20.4. The largest absolute Gasteiger partial charge is 0.508 e. The van der Waals surface area contributed by atoms with E-state index in [1.54, 1.807) is 12.1 Å². The Labute approximate surface area is 206 Å². The summed E-state index contributed by atoms with van der Waals surface area (Å²) in [5, 5.41) is 16.0. The van der Waals surface area contributed by atoms with Crippen LogP contribution in [0.15, 0.2) is 84.9 Å². The lowest BCUT2D eigenvalue weighted by Gasteiger charge is -2.17. The van der Waals surface area contributed by atoms with Gasteiger partial charge in [0.05, 0.1) is 5.69 Å². The van der Waals surface area contributed by atoms with Crippen molar-refractivity contribution < 1.29 is 14.6 Å². The van der Waals surface area contributed by atoms with Gasteiger partial charge in [0, 0.05) is 16.8 Å². The van der Waals surface area contributed by atoms with Crippen molar-refractivity contribution in [3.05, 3.63) is 102 Å². The Hall–Kier alpha value is -4.25. The van der Waals surface area contributed by atoms with Gasteiger partial charge < -0.3 is 20.5 Å². The number of nitrogens with one attached hydrogen (secondary N) is 2. The van der Waals surface area contributed by atoms with Gasteiger partial charge in [-0.15, -0.1) is 0 Å². The number of aromatic hydroxyl groups is 1. The van der Waals surface area contributed by atoms with E-state index in [1.807, 2.05) is 100 Å². The first-order chi connectivity index (χ1) is 16.8. The van der Waals surface area contributed by atoms with Crippen LogP contribution in [0, 0.1) is 13.8 Å². The number of phenols is 1. The van der Waals surface area contributed by atoms with Gasteiger partial charge in [-0.2, -0.15) is 0 Å². The van der Waals surface area contributed by atoms with Crippen molar-refractivity contribution in [1.29, 1.82) is 0 Å². The summed E-state index contributed by atoms with van der Waals surface area (Å²) in [6.07, 6.45) is 0. The molecule has 0 saturated heterocycles. The zero-order valence-electron chi connectivity index (χ0n) is 20.4. The predicted octanol–water partition coefficient (Wildman–Crippen LogP) is 8.24. The Balaban J connectivity index is 1.50. The van der Waals surface area contributed by atoms with Gasteiger partial charge in [0.1, 0.15) is 17.2 Å². The van der Waals surface area contributed by atoms with E-state index in [4.69, 9.17) is 4.74 Å². The quantitative estimate of drug-likeness (QED) is 0.268. The van der Waals surface area contributed by atoms with Crippen LogP contribution in [0.1, 0.15) is 36.5 Å². The second kappa shape index (κ2) is 10.3. The number of benzene rings is 4. The summed E-state index contributed by atoms with van der Waals surface area (Å²) in [6, 6.07) is 26.4. The number of hydrogen-bond donors (Lipinski definition) is 3. The highest BCUT2D eigenvalue weighted by molar-refractivity contribution is 6.02. The number of phenolic OH excluding ortho intramolecular Hbond substituents is 1. The second-order valence-electron chi connectivity index (χ2n) is 8.91. The Morgan fingerprint density at radius 1 is 0.829 bits per heavy atom. The molecule has 0 spiro atoms. The zero-order chi connectivity index (χ0) is 24.9. The van der Waals surface area contributed by atoms with E-state index in [1.165, 1.54) is 0 Å². The third-order valence-corrected chi connectivity index (χ3v) is 5.82. The third-order valence-electron chi connectivity index (χ3n) is 5.82. The lowest BCUT2D eigenvalue weighted by atomic mass is 10.0. The number of carbonyl (C=O) groups is 1. The molecule has 178 valence electrons. The molecular weight excluding hydrogens is 436 g/mol. The molecule has 0 radical (unpaired) electrons. The average Bonchev–Trinajstić information content (AvgIpc) is 2.83. The minimum absolute atomic E-state index is 0.179. The second-order valence-corrected chi connectivity index (χ2v) is 8.91. The molecule has 2 amide bonds. The first-order valence-electron chi connectivity index (χ1n) is 11.7. The molecule has 0 fully saturated rings. The summed E-state index contributed by atoms with van der Waals surface area (Å²) < 4.78 is 6.17. The summed E-state index contributed by atoms with van der Waals surface area (Å²) in [5.41, 5.74) is 6.02. The topological polar surface area (TPSA) is 70.6 Å². The first-order valence-corrected chi connectivity index (χ1v) is 11.7. The molecule has 4 aromatic rings. The average molecular weight is 467 g/mol. The van der Waals surface area contributed by atoms with Crippen LogP contribution in [0.25, 0.3) is 11.1 Å². The fourth-order valence-corrected chi connectivity index (χ4v) is 4.11. The van der Waals surface area contributed by atoms with Crippen molar-refractivity contribution in [3.8, 4) is 28.4 Å². The van der Waals surface area contributed by atoms with Crippen LogP contribution in [0.2, 0.25) is 0 Å². The lowest BCUT2D eigenvalue weighted by Crippen LogP contribution is -2.20. The smallest absolute Gasteiger partial charge is 0.323 e. The number of ether oxygens (including phenoxy) is 1. The summed E-state index contributed by atoms with van der Waals surface area (Å²) >= 11 is 0. The van der Waals surface area contributed by atoms with Gasteiger partial charge >= 0.3 is 6.03 Å². The van der Waals surface area contributed by atoms with Crippen molar-refractivity contribution in [3.63, 3.8) is 0 Å². The Morgan fingerprint density at radius 2 is 1.49 bits per heavy atom. The van der Waals surface area contributed by atoms with Gasteiger partial charge in [-0.3, -0.25) is 0 Å². The van der Waals surface area contributed by atoms with Gasteiger partial charge in [0.2, 0.25) is 0 Å². The molecule has 0 heterocycles. The Bertz CT molecular complexity index is 1320. The Kier molecular flexibility index (Phi) is 7.06. The number of para-hydroxylation sites is 1. The molecule has 0 aliphatic carbocycles. The number of carbonyl (C=O) groups excluding carboxylic acids is 1. The first kappa shape index (κ1) is 23.9. The lowest BCUT2D eigenvalue weighted by molar-refractivity contribution is 0.262. The van der Waals surface area contributed by atoms with Gasteiger partial charge in [-0.25, -0.2) is 4.79 Å². The van der Waals surface area contributed by atoms with E-state index < -0.39 is 0 Å². The molecule has 0 aliphatic rings. The molecule has 35 heavy (non-hydrogen) atoms. The molecular formula is C30H30N2O3. The standard InChI is InChI=1S/C30H30N2O3/c1-19(2)26-18-24(14-15-28(26)33)35-29-20(3)16-23(17-21(29)4)31-30(34)32-27-13-9-8-12-25(27)22-10-6-5-7-11-22/h5-19,33H,1-4H3,(H2,31,32,34). The molecule has 4 aromatic carbocycles. The van der Waals surface area contributed by atoms with Crippen molar-refractivity contribution in [2.75, 3.05) is 10.6 Å². The van der Waals surface area contributed by atoms with E-state index in [-0.39, 0.29) is 17.7 Å². The summed E-state index contributed by atoms with van der Waals surface area (Å²) in [7, 11) is 0. The van der Waals surface area contributed by atoms with E-state index in [0.29, 0.717) is 11.4 Å². The van der Waals surface area contributed by atoms with Gasteiger partial charge in [-0.05, 0) is 72.9 Å². The fraction of sp³-hybridized carbons (Fsp3) is 0.167. The molecule has 0 unspecified atom stereocenters. The van der Waals surface area contributed by atoms with Crippen LogP contribution < -0.4 is 15.4 Å². The highest BCUT2D eigenvalue weighted by Crippen LogP contribution is 2.35. The van der Waals surface area contributed by atoms with E-state index >= 15 is 0 Å². The normalized spacial score (nSPS) is 10.8. The number of hydrogen-bond acceptors (Lipinski definition) is 3. The highest BCUT2D eigenvalue weighted by atomic mass is 16.5. The van der Waals surface area contributed by atoms with Crippen molar-refractivity contribution >= 4 is 17.4 Å². The van der Waals surface area contributed by atoms with Gasteiger partial charge in [0.15, 0.2) is 0 Å². The molecule has 5 heteroatoms. The van der Waals surface area contributed by atoms with Crippen LogP contribution in [-0.4, -0.2) is 11.1 Å². The highest BCUT2D eigenvalue weighted by Gasteiger charge is 2.13. The van der Waals surface area contributed by atoms with Crippen LogP contribution in [0.4, 0.5) is 16.2 Å². The number of amides is 2. The molecule has 5 nitrogen and oxygen atoms in total. The predicted molar refractivity (Wildman–Crippen MR) is 143 cm³/mol. The van der Waals surface area contributed by atoms with Crippen LogP contribution in [-0.2, 0) is 0 Å². The summed E-state index contributed by atoms with van der Waals surface area (Å²) in [6.45, 7) is 7.94. The minimum atomic E-state index is -0.319. The molecule has 0 aromatic heterocycles. The van der Waals surface area contributed by atoms with Crippen molar-refractivity contribution in [2.24, 2.45) is 0 Å². The van der Waals surface area contributed by atoms with Crippen molar-refractivity contribution in [1.82, 2.24) is 0 Å². The molecule has 4 rings (SSSR count). The van der Waals surface area contributed by atoms with Crippen LogP contribution >= 0.6 is 0 Å². The summed E-state index contributed by atoms with van der Waals surface area (Å²) in [4.78, 5) is 12.8. The van der Waals surface area contributed by atoms with Crippen LogP contribution in [0.5, 0.6) is 17.2 Å². The maximum absolute atomic E-state index is 12.8. The van der Waals surface area contributed by atoms with Gasteiger partial charge in [-0.1, -0.05) is 62.4 Å². The van der Waals surface area contributed by atoms with Crippen LogP contribution in [0.3, 0.4) is 0 Å². The van der Waals surface area contributed by atoms with E-state index in [0.717, 1.165) is 39.3 Å². The number of anilines is 2. The Morgan fingerprint density at radius 3 is 2.17 bits per heavy atom. The maximum atomic E-state index is 12.8. The number of rotatable bonds is 6. The molecule has 0 saturated carbocycles. The summed E-state index contributed by atoms with van der Waals surface area (Å²) in [5.74, 6) is 1.83.